The molecule has 2 N–H and O–H groups in total. The fourth-order valence-electron chi connectivity index (χ4n) is 5.86. The average molecular weight is 587 g/mol. The van der Waals surface area contributed by atoms with Crippen molar-refractivity contribution in [3.8, 4) is 0 Å². The van der Waals surface area contributed by atoms with Crippen molar-refractivity contribution < 1.29 is 31.5 Å². The minimum atomic E-state index is -4.10. The lowest BCUT2D eigenvalue weighted by Gasteiger charge is -2.35. The number of thiophene rings is 1. The number of nitrogens with zero attached hydrogens (tertiary/aromatic N) is 1. The number of hydrogen-bond acceptors (Lipinski definition) is 6. The number of benzene rings is 1. The van der Waals surface area contributed by atoms with Gasteiger partial charge in [0.1, 0.15) is 0 Å². The van der Waals surface area contributed by atoms with Gasteiger partial charge in [0.2, 0.25) is 0 Å². The van der Waals surface area contributed by atoms with E-state index in [9.17, 15) is 31.5 Å². The summed E-state index contributed by atoms with van der Waals surface area (Å²) in [5.41, 5.74) is 1.68. The Morgan fingerprint density at radius 2 is 1.79 bits per heavy atom. The molecule has 0 spiro atoms. The second kappa shape index (κ2) is 11.9. The molecule has 0 saturated heterocycles. The van der Waals surface area contributed by atoms with Crippen molar-refractivity contribution in [3.63, 3.8) is 0 Å². The van der Waals surface area contributed by atoms with Gasteiger partial charge in [-0.05, 0) is 66.8 Å². The van der Waals surface area contributed by atoms with Crippen LogP contribution in [0.4, 0.5) is 13.2 Å². The third kappa shape index (κ3) is 6.69. The van der Waals surface area contributed by atoms with E-state index in [2.05, 4.69) is 24.1 Å². The van der Waals surface area contributed by atoms with Crippen molar-refractivity contribution >= 4 is 27.1 Å². The van der Waals surface area contributed by atoms with Crippen molar-refractivity contribution in [2.45, 2.75) is 76.2 Å². The largest absolute Gasteiger partial charge is 0.394 e. The quantitative estimate of drug-likeness (QED) is 0.383. The van der Waals surface area contributed by atoms with Crippen LogP contribution in [-0.4, -0.2) is 49.4 Å². The zero-order valence-electron chi connectivity index (χ0n) is 22.5. The van der Waals surface area contributed by atoms with E-state index in [1.807, 2.05) is 6.07 Å². The summed E-state index contributed by atoms with van der Waals surface area (Å²) >= 11 is 1.43. The molecule has 1 fully saturated rings. The number of aliphatic hydroxyl groups excluding tert-OH is 1. The normalized spacial score (nSPS) is 23.1. The van der Waals surface area contributed by atoms with E-state index in [-0.39, 0.29) is 53.9 Å². The van der Waals surface area contributed by atoms with E-state index in [1.165, 1.54) is 23.5 Å². The van der Waals surface area contributed by atoms with Crippen molar-refractivity contribution in [2.24, 2.45) is 17.8 Å². The number of carbonyl (C=O) groups excluding carboxylic acids is 1. The summed E-state index contributed by atoms with van der Waals surface area (Å²) in [5.74, 6) is -0.982. The van der Waals surface area contributed by atoms with Gasteiger partial charge in [-0.2, -0.15) is 13.2 Å². The lowest BCUT2D eigenvalue weighted by molar-refractivity contribution is -0.184. The summed E-state index contributed by atoms with van der Waals surface area (Å²) in [4.78, 5) is 17.4. The first-order valence-electron chi connectivity index (χ1n) is 13.5. The van der Waals surface area contributed by atoms with Gasteiger partial charge in [0.25, 0.3) is 5.91 Å². The maximum absolute atomic E-state index is 13.1. The van der Waals surface area contributed by atoms with E-state index < -0.39 is 28.0 Å². The molecule has 1 saturated carbocycles. The highest BCUT2D eigenvalue weighted by Gasteiger charge is 2.43. The Bertz CT molecular complexity index is 1250. The van der Waals surface area contributed by atoms with Gasteiger partial charge in [-0.3, -0.25) is 9.69 Å². The first-order chi connectivity index (χ1) is 18.3. The van der Waals surface area contributed by atoms with Gasteiger partial charge in [-0.15, -0.1) is 11.3 Å². The Labute approximate surface area is 232 Å². The van der Waals surface area contributed by atoms with E-state index >= 15 is 0 Å². The van der Waals surface area contributed by atoms with Crippen LogP contribution in [0.2, 0.25) is 0 Å². The van der Waals surface area contributed by atoms with Gasteiger partial charge in [-0.25, -0.2) is 8.42 Å². The van der Waals surface area contributed by atoms with Gasteiger partial charge in [-0.1, -0.05) is 32.9 Å². The molecule has 2 aliphatic rings. The molecule has 39 heavy (non-hydrogen) atoms. The zero-order valence-corrected chi connectivity index (χ0v) is 24.1. The zero-order chi connectivity index (χ0) is 28.5. The van der Waals surface area contributed by atoms with Crippen molar-refractivity contribution in [3.05, 3.63) is 51.2 Å². The molecule has 2 atom stereocenters. The fraction of sp³-hybridized carbons (Fsp3) is 0.607. The number of halogens is 3. The second-order valence-electron chi connectivity index (χ2n) is 11.1. The SMILES string of the molecule is CCS(=O)(=O)c1ccc([C@H](CO)NC(=O)c2cc3c(s2)C(C(C)C)N(CC2CCC(C(F)(F)F)CC2)C3)cc1. The van der Waals surface area contributed by atoms with Crippen molar-refractivity contribution in [1.29, 1.82) is 0 Å². The molecule has 2 heterocycles. The average Bonchev–Trinajstić information content (AvgIpc) is 3.44. The molecule has 11 heteroatoms. The number of nitrogens with one attached hydrogen (secondary N) is 1. The van der Waals surface area contributed by atoms with Crippen LogP contribution in [0.15, 0.2) is 35.2 Å². The third-order valence-corrected chi connectivity index (χ3v) is 11.0. The van der Waals surface area contributed by atoms with E-state index in [4.69, 9.17) is 0 Å². The standard InChI is InChI=1S/C28H37F3N2O4S2/c1-4-39(36,37)22-11-7-19(8-12-22)23(16-34)32-27(35)24-13-20-15-33(25(17(2)3)26(20)38-24)14-18-5-9-21(10-6-18)28(29,30)31/h7-8,11-13,17-18,21,23,25,34H,4-6,9-10,14-16H2,1-3H3,(H,32,35)/t18?,21?,23-,25?/m0/s1. The third-order valence-electron chi connectivity index (χ3n) is 8.04. The topological polar surface area (TPSA) is 86.7 Å². The Morgan fingerprint density at radius 3 is 2.33 bits per heavy atom. The Kier molecular flexibility index (Phi) is 9.15. The van der Waals surface area contributed by atoms with Crippen LogP contribution >= 0.6 is 11.3 Å². The number of rotatable bonds is 9. The van der Waals surface area contributed by atoms with Crippen LogP contribution in [0.5, 0.6) is 0 Å². The van der Waals surface area contributed by atoms with Gasteiger partial charge in [0, 0.05) is 24.0 Å². The maximum atomic E-state index is 13.1. The molecule has 0 bridgehead atoms. The fourth-order valence-corrected chi connectivity index (χ4v) is 8.13. The molecule has 2 aromatic rings. The van der Waals surface area contributed by atoms with Crippen LogP contribution in [0.3, 0.4) is 0 Å². The van der Waals surface area contributed by atoms with Gasteiger partial charge in [0.15, 0.2) is 9.84 Å². The van der Waals surface area contributed by atoms with Gasteiger partial charge < -0.3 is 10.4 Å². The maximum Gasteiger partial charge on any atom is 0.391 e. The van der Waals surface area contributed by atoms with Gasteiger partial charge >= 0.3 is 6.18 Å². The molecule has 1 aliphatic heterocycles. The molecule has 1 aliphatic carbocycles. The summed E-state index contributed by atoms with van der Waals surface area (Å²) in [7, 11) is -3.34. The predicted molar refractivity (Wildman–Crippen MR) is 145 cm³/mol. The first kappa shape index (κ1) is 30.0. The molecule has 0 radical (unpaired) electrons. The lowest BCUT2D eigenvalue weighted by Crippen LogP contribution is -2.35. The van der Waals surface area contributed by atoms with Crippen molar-refractivity contribution in [2.75, 3.05) is 18.9 Å². The molecule has 4 rings (SSSR count). The minimum absolute atomic E-state index is 0.0104. The predicted octanol–water partition coefficient (Wildman–Crippen LogP) is 5.89. The van der Waals surface area contributed by atoms with Gasteiger partial charge in [0.05, 0.1) is 34.1 Å². The highest BCUT2D eigenvalue weighted by molar-refractivity contribution is 7.91. The Morgan fingerprint density at radius 1 is 1.15 bits per heavy atom. The monoisotopic (exact) mass is 586 g/mol. The summed E-state index contributed by atoms with van der Waals surface area (Å²) in [6.45, 7) is 6.90. The number of aliphatic hydroxyl groups is 1. The first-order valence-corrected chi connectivity index (χ1v) is 16.0. The molecular weight excluding hydrogens is 549 g/mol. The summed E-state index contributed by atoms with van der Waals surface area (Å²) in [6.07, 6.45) is -2.54. The van der Waals surface area contributed by atoms with Crippen LogP contribution in [0.1, 0.15) is 84.2 Å². The number of carbonyl (C=O) groups is 1. The van der Waals surface area contributed by atoms with Crippen molar-refractivity contribution in [1.82, 2.24) is 10.2 Å². The van der Waals surface area contributed by atoms with Crippen LogP contribution < -0.4 is 5.32 Å². The number of amides is 1. The highest BCUT2D eigenvalue weighted by Crippen LogP contribution is 2.46. The Balaban J connectivity index is 1.41. The number of fused-ring (bicyclic) bond motifs is 1. The van der Waals surface area contributed by atoms with E-state index in [0.717, 1.165) is 17.0 Å². The smallest absolute Gasteiger partial charge is 0.391 e. The number of alkyl halides is 3. The number of hydrogen-bond donors (Lipinski definition) is 2. The van der Waals surface area contributed by atoms with Crippen LogP contribution in [0, 0.1) is 17.8 Å². The molecule has 1 aromatic heterocycles. The summed E-state index contributed by atoms with van der Waals surface area (Å²) in [5, 5.41) is 12.8. The molecular formula is C28H37F3N2O4S2. The number of sulfone groups is 1. The van der Waals surface area contributed by atoms with E-state index in [1.54, 1.807) is 19.1 Å². The highest BCUT2D eigenvalue weighted by atomic mass is 32.2. The summed E-state index contributed by atoms with van der Waals surface area (Å²) in [6, 6.07) is 7.49. The lowest BCUT2D eigenvalue weighted by atomic mass is 9.81. The van der Waals surface area contributed by atoms with Crippen LogP contribution in [-0.2, 0) is 16.4 Å². The second-order valence-corrected chi connectivity index (χ2v) is 14.4. The Hall–Kier alpha value is -1.95. The molecule has 6 nitrogen and oxygen atoms in total. The molecule has 1 aromatic carbocycles. The molecule has 216 valence electrons. The minimum Gasteiger partial charge on any atom is -0.394 e. The molecule has 1 unspecified atom stereocenters. The molecule has 1 amide bonds. The summed E-state index contributed by atoms with van der Waals surface area (Å²) < 4.78 is 63.4. The van der Waals surface area contributed by atoms with Crippen LogP contribution in [0.25, 0.3) is 0 Å². The van der Waals surface area contributed by atoms with E-state index in [0.29, 0.717) is 29.8 Å².